The Balaban J connectivity index is 1.79. The lowest BCUT2D eigenvalue weighted by molar-refractivity contribution is -0.136. The highest BCUT2D eigenvalue weighted by atomic mass is 16.2. The molecule has 3 rings (SSSR count). The van der Waals surface area contributed by atoms with Crippen molar-refractivity contribution in [1.82, 2.24) is 9.80 Å². The molecule has 2 amide bonds. The van der Waals surface area contributed by atoms with Crippen LogP contribution in [0.5, 0.6) is 0 Å². The molecule has 2 atom stereocenters. The number of hydrogen-bond donors (Lipinski definition) is 0. The van der Waals surface area contributed by atoms with Crippen LogP contribution in [0.15, 0.2) is 18.2 Å². The molecule has 1 saturated heterocycles. The zero-order valence-electron chi connectivity index (χ0n) is 15.3. The molecule has 2 fully saturated rings. The minimum absolute atomic E-state index is 0.00408. The molecule has 4 heteroatoms. The van der Waals surface area contributed by atoms with E-state index in [9.17, 15) is 9.59 Å². The van der Waals surface area contributed by atoms with Crippen LogP contribution in [0.4, 0.5) is 0 Å². The minimum Gasteiger partial charge on any atom is -0.349 e. The third-order valence-corrected chi connectivity index (χ3v) is 5.79. The summed E-state index contributed by atoms with van der Waals surface area (Å²) in [6, 6.07) is 6.03. The summed E-state index contributed by atoms with van der Waals surface area (Å²) in [5.41, 5.74) is 3.01. The highest BCUT2D eigenvalue weighted by Crippen LogP contribution is 2.50. The van der Waals surface area contributed by atoms with Crippen LogP contribution in [0, 0.1) is 25.2 Å². The second-order valence-electron chi connectivity index (χ2n) is 7.89. The first-order valence-corrected chi connectivity index (χ1v) is 8.91. The molecule has 2 aliphatic rings. The van der Waals surface area contributed by atoms with Crippen molar-refractivity contribution >= 4 is 11.8 Å². The second kappa shape index (κ2) is 6.23. The van der Waals surface area contributed by atoms with Crippen molar-refractivity contribution in [3.8, 4) is 0 Å². The van der Waals surface area contributed by atoms with Gasteiger partial charge in [0.25, 0.3) is 5.91 Å². The third kappa shape index (κ3) is 2.94. The fraction of sp³-hybridized carbons (Fsp3) is 0.600. The van der Waals surface area contributed by atoms with E-state index in [0.29, 0.717) is 0 Å². The number of amides is 2. The summed E-state index contributed by atoms with van der Waals surface area (Å²) in [4.78, 5) is 29.2. The molecule has 0 radical (unpaired) electrons. The van der Waals surface area contributed by atoms with E-state index < -0.39 is 0 Å². The number of likely N-dealkylation sites (tertiary alicyclic amines) is 1. The molecule has 1 aromatic rings. The van der Waals surface area contributed by atoms with Gasteiger partial charge in [0, 0.05) is 44.1 Å². The molecular weight excluding hydrogens is 300 g/mol. The van der Waals surface area contributed by atoms with Gasteiger partial charge in [0.05, 0.1) is 0 Å². The maximum absolute atomic E-state index is 12.9. The van der Waals surface area contributed by atoms with E-state index in [4.69, 9.17) is 0 Å². The molecule has 130 valence electrons. The molecule has 0 bridgehead atoms. The van der Waals surface area contributed by atoms with Gasteiger partial charge in [-0.05, 0) is 45.2 Å². The number of carbonyl (C=O) groups excluding carboxylic acids is 2. The van der Waals surface area contributed by atoms with Crippen molar-refractivity contribution < 1.29 is 9.59 Å². The number of benzene rings is 1. The first-order chi connectivity index (χ1) is 11.3. The molecule has 1 spiro atoms. The Morgan fingerprint density at radius 3 is 2.42 bits per heavy atom. The highest BCUT2D eigenvalue weighted by molar-refractivity contribution is 5.95. The van der Waals surface area contributed by atoms with Gasteiger partial charge in [0.2, 0.25) is 5.91 Å². The number of aryl methyl sites for hydroxylation is 2. The monoisotopic (exact) mass is 328 g/mol. The standard InChI is InChI=1S/C20H28N2O2/c1-14-10-15(2)12-16(11-14)18(23)22-9-8-20(13-22)7-5-6-17(20)19(24)21(3)4/h10-12,17H,5-9,13H2,1-4H3/t17-,20+/m1/s1. The largest absolute Gasteiger partial charge is 0.349 e. The Labute approximate surface area is 144 Å². The molecule has 4 nitrogen and oxygen atoms in total. The maximum Gasteiger partial charge on any atom is 0.253 e. The van der Waals surface area contributed by atoms with Gasteiger partial charge in [0.15, 0.2) is 0 Å². The predicted octanol–water partition coefficient (Wildman–Crippen LogP) is 3.02. The van der Waals surface area contributed by atoms with Crippen LogP contribution in [-0.2, 0) is 4.79 Å². The molecule has 24 heavy (non-hydrogen) atoms. The second-order valence-corrected chi connectivity index (χ2v) is 7.89. The number of carbonyl (C=O) groups is 2. The Morgan fingerprint density at radius 2 is 1.79 bits per heavy atom. The first-order valence-electron chi connectivity index (χ1n) is 8.91. The van der Waals surface area contributed by atoms with Gasteiger partial charge < -0.3 is 9.80 Å². The van der Waals surface area contributed by atoms with Crippen LogP contribution in [0.3, 0.4) is 0 Å². The fourth-order valence-electron chi connectivity index (χ4n) is 4.67. The number of hydrogen-bond acceptors (Lipinski definition) is 2. The van der Waals surface area contributed by atoms with E-state index in [1.54, 1.807) is 4.90 Å². The van der Waals surface area contributed by atoms with Gasteiger partial charge in [-0.3, -0.25) is 9.59 Å². The summed E-state index contributed by atoms with van der Waals surface area (Å²) in [7, 11) is 3.67. The van der Waals surface area contributed by atoms with Crippen LogP contribution in [0.25, 0.3) is 0 Å². The summed E-state index contributed by atoms with van der Waals surface area (Å²) in [5, 5.41) is 0. The zero-order chi connectivity index (χ0) is 17.5. The van der Waals surface area contributed by atoms with E-state index in [-0.39, 0.29) is 23.1 Å². The lowest BCUT2D eigenvalue weighted by Gasteiger charge is -2.32. The fourth-order valence-corrected chi connectivity index (χ4v) is 4.67. The van der Waals surface area contributed by atoms with Crippen LogP contribution in [0.2, 0.25) is 0 Å². The smallest absolute Gasteiger partial charge is 0.253 e. The van der Waals surface area contributed by atoms with Gasteiger partial charge in [-0.2, -0.15) is 0 Å². The Hall–Kier alpha value is -1.84. The van der Waals surface area contributed by atoms with Gasteiger partial charge >= 0.3 is 0 Å². The predicted molar refractivity (Wildman–Crippen MR) is 94.9 cm³/mol. The summed E-state index contributed by atoms with van der Waals surface area (Å²) in [5.74, 6) is 0.416. The lowest BCUT2D eigenvalue weighted by atomic mass is 9.76. The zero-order valence-corrected chi connectivity index (χ0v) is 15.3. The molecule has 1 saturated carbocycles. The van der Waals surface area contributed by atoms with Crippen LogP contribution < -0.4 is 0 Å². The minimum atomic E-state index is -0.00408. The van der Waals surface area contributed by atoms with Crippen molar-refractivity contribution in [2.45, 2.75) is 39.5 Å². The van der Waals surface area contributed by atoms with Gasteiger partial charge in [-0.25, -0.2) is 0 Å². The summed E-state index contributed by atoms with van der Waals surface area (Å²) in [6.07, 6.45) is 4.07. The molecule has 0 N–H and O–H groups in total. The topological polar surface area (TPSA) is 40.6 Å². The SMILES string of the molecule is Cc1cc(C)cc(C(=O)N2CC[C@@]3(CCC[C@@H]3C(=O)N(C)C)C2)c1. The van der Waals surface area contributed by atoms with Crippen molar-refractivity contribution in [2.24, 2.45) is 11.3 Å². The molecule has 0 aromatic heterocycles. The van der Waals surface area contributed by atoms with Crippen LogP contribution in [0.1, 0.15) is 47.2 Å². The van der Waals surface area contributed by atoms with Crippen molar-refractivity contribution in [1.29, 1.82) is 0 Å². The van der Waals surface area contributed by atoms with E-state index >= 15 is 0 Å². The normalized spacial score (nSPS) is 26.2. The number of rotatable bonds is 2. The molecule has 1 heterocycles. The van der Waals surface area contributed by atoms with Gasteiger partial charge in [-0.1, -0.05) is 23.6 Å². The van der Waals surface area contributed by atoms with E-state index in [1.165, 1.54) is 0 Å². The quantitative estimate of drug-likeness (QED) is 0.837. The van der Waals surface area contributed by atoms with Crippen molar-refractivity contribution in [2.75, 3.05) is 27.2 Å². The highest BCUT2D eigenvalue weighted by Gasteiger charge is 2.51. The maximum atomic E-state index is 12.9. The average Bonchev–Trinajstić information content (AvgIpc) is 3.12. The van der Waals surface area contributed by atoms with E-state index in [0.717, 1.165) is 55.5 Å². The Bertz CT molecular complexity index is 647. The third-order valence-electron chi connectivity index (χ3n) is 5.79. The van der Waals surface area contributed by atoms with Crippen LogP contribution >= 0.6 is 0 Å². The van der Waals surface area contributed by atoms with Gasteiger partial charge in [-0.15, -0.1) is 0 Å². The van der Waals surface area contributed by atoms with Gasteiger partial charge in [0.1, 0.15) is 0 Å². The Kier molecular flexibility index (Phi) is 4.41. The molecule has 1 aromatic carbocycles. The molecule has 1 aliphatic carbocycles. The summed E-state index contributed by atoms with van der Waals surface area (Å²) < 4.78 is 0. The van der Waals surface area contributed by atoms with Crippen molar-refractivity contribution in [3.05, 3.63) is 34.9 Å². The van der Waals surface area contributed by atoms with E-state index in [1.807, 2.05) is 45.0 Å². The summed E-state index contributed by atoms with van der Waals surface area (Å²) >= 11 is 0. The van der Waals surface area contributed by atoms with Crippen LogP contribution in [-0.4, -0.2) is 48.8 Å². The molecule has 1 aliphatic heterocycles. The lowest BCUT2D eigenvalue weighted by Crippen LogP contribution is -2.41. The molecule has 0 unspecified atom stereocenters. The average molecular weight is 328 g/mol. The Morgan fingerprint density at radius 1 is 1.12 bits per heavy atom. The molecular formula is C20H28N2O2. The first kappa shape index (κ1) is 17.0. The summed E-state index contributed by atoms with van der Waals surface area (Å²) in [6.45, 7) is 5.54. The number of nitrogens with zero attached hydrogens (tertiary/aromatic N) is 2. The van der Waals surface area contributed by atoms with E-state index in [2.05, 4.69) is 6.07 Å². The van der Waals surface area contributed by atoms with Crippen molar-refractivity contribution in [3.63, 3.8) is 0 Å².